The minimum atomic E-state index is -0.115. The fraction of sp³-hybridized carbons (Fsp3) is 0.240. The molecular formula is C25H23ClN4O2S. The highest BCUT2D eigenvalue weighted by atomic mass is 35.5. The molecule has 1 fully saturated rings. The molecule has 0 atom stereocenters. The van der Waals surface area contributed by atoms with E-state index in [2.05, 4.69) is 9.88 Å². The van der Waals surface area contributed by atoms with Gasteiger partial charge in [-0.15, -0.1) is 0 Å². The first-order chi connectivity index (χ1) is 16.1. The van der Waals surface area contributed by atoms with E-state index in [0.29, 0.717) is 35.2 Å². The highest BCUT2D eigenvalue weighted by molar-refractivity contribution is 7.99. The van der Waals surface area contributed by atoms with Crippen LogP contribution in [0.15, 0.2) is 76.8 Å². The van der Waals surface area contributed by atoms with Gasteiger partial charge in [-0.1, -0.05) is 35.5 Å². The molecule has 0 aliphatic carbocycles. The third-order valence-corrected chi connectivity index (χ3v) is 7.32. The van der Waals surface area contributed by atoms with Gasteiger partial charge in [0.25, 0.3) is 5.91 Å². The largest absolute Gasteiger partial charge is 0.368 e. The number of fused-ring (bicyclic) bond motifs is 2. The van der Waals surface area contributed by atoms with Gasteiger partial charge in [-0.3, -0.25) is 9.59 Å². The van der Waals surface area contributed by atoms with Crippen LogP contribution in [-0.2, 0) is 4.79 Å². The van der Waals surface area contributed by atoms with Gasteiger partial charge in [0.2, 0.25) is 5.91 Å². The van der Waals surface area contributed by atoms with Crippen molar-refractivity contribution in [1.82, 2.24) is 9.88 Å². The summed E-state index contributed by atoms with van der Waals surface area (Å²) in [7, 11) is 0. The molecule has 168 valence electrons. The van der Waals surface area contributed by atoms with Gasteiger partial charge < -0.3 is 14.7 Å². The minimum absolute atomic E-state index is 0.0688. The van der Waals surface area contributed by atoms with Crippen molar-refractivity contribution in [2.45, 2.75) is 16.3 Å². The van der Waals surface area contributed by atoms with E-state index in [4.69, 9.17) is 11.6 Å². The van der Waals surface area contributed by atoms with Crippen LogP contribution < -0.4 is 9.80 Å². The Bertz CT molecular complexity index is 1180. The van der Waals surface area contributed by atoms with Crippen molar-refractivity contribution in [3.05, 3.63) is 77.4 Å². The van der Waals surface area contributed by atoms with Gasteiger partial charge in [0.1, 0.15) is 5.03 Å². The molecule has 1 saturated heterocycles. The van der Waals surface area contributed by atoms with Crippen molar-refractivity contribution in [2.75, 3.05) is 42.5 Å². The zero-order valence-electron chi connectivity index (χ0n) is 18.0. The van der Waals surface area contributed by atoms with Crippen molar-refractivity contribution >= 4 is 46.6 Å². The number of piperazine rings is 1. The summed E-state index contributed by atoms with van der Waals surface area (Å²) in [5.41, 5.74) is 2.51. The molecular weight excluding hydrogens is 456 g/mol. The van der Waals surface area contributed by atoms with Crippen LogP contribution in [0.3, 0.4) is 0 Å². The number of aromatic nitrogens is 1. The van der Waals surface area contributed by atoms with Crippen molar-refractivity contribution in [2.24, 2.45) is 0 Å². The molecule has 0 radical (unpaired) electrons. The Morgan fingerprint density at radius 1 is 0.970 bits per heavy atom. The second-order valence-corrected chi connectivity index (χ2v) is 9.44. The predicted molar refractivity (Wildman–Crippen MR) is 131 cm³/mol. The second kappa shape index (κ2) is 9.45. The average molecular weight is 479 g/mol. The number of hydrogen-bond donors (Lipinski definition) is 0. The Morgan fingerprint density at radius 3 is 2.52 bits per heavy atom. The van der Waals surface area contributed by atoms with E-state index in [1.807, 2.05) is 53.4 Å². The predicted octanol–water partition coefficient (Wildman–Crippen LogP) is 4.59. The van der Waals surface area contributed by atoms with E-state index < -0.39 is 0 Å². The zero-order valence-corrected chi connectivity index (χ0v) is 19.6. The zero-order chi connectivity index (χ0) is 22.8. The fourth-order valence-electron chi connectivity index (χ4n) is 4.21. The molecule has 0 saturated carbocycles. The topological polar surface area (TPSA) is 56.8 Å². The van der Waals surface area contributed by atoms with Gasteiger partial charge >= 0.3 is 0 Å². The van der Waals surface area contributed by atoms with Crippen molar-refractivity contribution in [3.63, 3.8) is 0 Å². The smallest absolute Gasteiger partial charge is 0.261 e. The van der Waals surface area contributed by atoms with Crippen LogP contribution in [-0.4, -0.2) is 54.4 Å². The number of halogens is 1. The lowest BCUT2D eigenvalue weighted by atomic mass is 10.2. The number of carbonyl (C=O) groups excluding carboxylic acids is 2. The van der Waals surface area contributed by atoms with Crippen LogP contribution in [0.4, 0.5) is 11.4 Å². The van der Waals surface area contributed by atoms with Gasteiger partial charge in [0.05, 0.1) is 11.3 Å². The quantitative estimate of drug-likeness (QED) is 0.549. The fourth-order valence-corrected chi connectivity index (χ4v) is 5.36. The van der Waals surface area contributed by atoms with E-state index in [9.17, 15) is 9.59 Å². The summed E-state index contributed by atoms with van der Waals surface area (Å²) >= 11 is 7.48. The number of hydrogen-bond acceptors (Lipinski definition) is 5. The standard InChI is InChI=1S/C25H23ClN4O2S/c26-18-7-9-19(10-8-18)28-14-16-29(17-15-28)23(31)11-13-30-21-5-1-2-6-22(21)33-24-20(25(30)32)4-3-12-27-24/h1-10,12H,11,13-17H2. The number of pyridine rings is 1. The van der Waals surface area contributed by atoms with Crippen LogP contribution in [0, 0.1) is 0 Å². The number of rotatable bonds is 4. The summed E-state index contributed by atoms with van der Waals surface area (Å²) in [5, 5.41) is 1.41. The molecule has 33 heavy (non-hydrogen) atoms. The molecule has 8 heteroatoms. The number of amides is 2. The van der Waals surface area contributed by atoms with E-state index in [1.165, 1.54) is 11.8 Å². The van der Waals surface area contributed by atoms with Crippen LogP contribution >= 0.6 is 23.4 Å². The molecule has 0 unspecified atom stereocenters. The van der Waals surface area contributed by atoms with Gasteiger partial charge in [0.15, 0.2) is 0 Å². The Kier molecular flexibility index (Phi) is 6.24. The molecule has 3 aromatic rings. The summed E-state index contributed by atoms with van der Waals surface area (Å²) in [4.78, 5) is 37.6. The van der Waals surface area contributed by atoms with Crippen LogP contribution in [0.1, 0.15) is 16.8 Å². The minimum Gasteiger partial charge on any atom is -0.368 e. The molecule has 0 spiro atoms. The number of nitrogens with zero attached hydrogens (tertiary/aromatic N) is 4. The molecule has 2 amide bonds. The number of anilines is 2. The summed E-state index contributed by atoms with van der Waals surface area (Å²) in [6.07, 6.45) is 1.98. The normalized spacial score (nSPS) is 15.7. The van der Waals surface area contributed by atoms with Crippen molar-refractivity contribution in [3.8, 4) is 0 Å². The summed E-state index contributed by atoms with van der Waals surface area (Å²) < 4.78 is 0. The SMILES string of the molecule is O=C(CCN1C(=O)c2cccnc2Sc2ccccc21)N1CCN(c2ccc(Cl)cc2)CC1. The molecule has 5 rings (SSSR count). The first-order valence-electron chi connectivity index (χ1n) is 10.9. The first-order valence-corrected chi connectivity index (χ1v) is 12.1. The maximum Gasteiger partial charge on any atom is 0.261 e. The van der Waals surface area contributed by atoms with Gasteiger partial charge in [-0.05, 0) is 48.5 Å². The lowest BCUT2D eigenvalue weighted by Crippen LogP contribution is -2.49. The summed E-state index contributed by atoms with van der Waals surface area (Å²) in [6, 6.07) is 19.1. The van der Waals surface area contributed by atoms with Crippen molar-refractivity contribution in [1.29, 1.82) is 0 Å². The van der Waals surface area contributed by atoms with Gasteiger partial charge in [0, 0.05) is 60.9 Å². The molecule has 0 bridgehead atoms. The molecule has 3 heterocycles. The molecule has 1 aromatic heterocycles. The van der Waals surface area contributed by atoms with Crippen LogP contribution in [0.5, 0.6) is 0 Å². The molecule has 2 aromatic carbocycles. The first kappa shape index (κ1) is 21.8. The van der Waals surface area contributed by atoms with Gasteiger partial charge in [-0.2, -0.15) is 0 Å². The number of para-hydroxylation sites is 1. The molecule has 2 aliphatic rings. The number of carbonyl (C=O) groups is 2. The third-order valence-electron chi connectivity index (χ3n) is 5.98. The van der Waals surface area contributed by atoms with Crippen molar-refractivity contribution < 1.29 is 9.59 Å². The summed E-state index contributed by atoms with van der Waals surface area (Å²) in [6.45, 7) is 3.20. The lowest BCUT2D eigenvalue weighted by Gasteiger charge is -2.36. The van der Waals surface area contributed by atoms with E-state index in [1.54, 1.807) is 23.2 Å². The Balaban J connectivity index is 1.26. The highest BCUT2D eigenvalue weighted by Crippen LogP contribution is 2.40. The Labute approximate surface area is 202 Å². The lowest BCUT2D eigenvalue weighted by molar-refractivity contribution is -0.131. The molecule has 6 nitrogen and oxygen atoms in total. The van der Waals surface area contributed by atoms with Gasteiger partial charge in [-0.25, -0.2) is 4.98 Å². The summed E-state index contributed by atoms with van der Waals surface area (Å²) in [5.74, 6) is -0.0461. The van der Waals surface area contributed by atoms with E-state index in [0.717, 1.165) is 29.4 Å². The monoisotopic (exact) mass is 478 g/mol. The van der Waals surface area contributed by atoms with Crippen LogP contribution in [0.2, 0.25) is 5.02 Å². The third kappa shape index (κ3) is 4.56. The second-order valence-electron chi connectivity index (χ2n) is 7.98. The molecule has 2 aliphatic heterocycles. The number of benzene rings is 2. The molecule has 0 N–H and O–H groups in total. The maximum absolute atomic E-state index is 13.3. The van der Waals surface area contributed by atoms with Crippen LogP contribution in [0.25, 0.3) is 0 Å². The Morgan fingerprint density at radius 2 is 1.73 bits per heavy atom. The highest BCUT2D eigenvalue weighted by Gasteiger charge is 2.29. The average Bonchev–Trinajstić information content (AvgIpc) is 2.97. The Hall–Kier alpha value is -3.03. The van der Waals surface area contributed by atoms with E-state index in [-0.39, 0.29) is 18.2 Å². The maximum atomic E-state index is 13.3. The van der Waals surface area contributed by atoms with E-state index >= 15 is 0 Å².